The van der Waals surface area contributed by atoms with Crippen molar-refractivity contribution < 1.29 is 38.1 Å². The lowest BCUT2D eigenvalue weighted by molar-refractivity contribution is -0.137. The van der Waals surface area contributed by atoms with Crippen molar-refractivity contribution in [3.8, 4) is 24.5 Å². The molecular formula is C68H92F2N4O6S. The summed E-state index contributed by atoms with van der Waals surface area (Å²) in [5.41, 5.74) is 5.65. The minimum absolute atomic E-state index is 0. The summed E-state index contributed by atoms with van der Waals surface area (Å²) >= 11 is 1.36. The summed E-state index contributed by atoms with van der Waals surface area (Å²) < 4.78 is 37.1. The van der Waals surface area contributed by atoms with Crippen molar-refractivity contribution in [3.05, 3.63) is 89.1 Å². The molecule has 13 heteroatoms. The van der Waals surface area contributed by atoms with Gasteiger partial charge in [-0.2, -0.15) is 10.5 Å². The van der Waals surface area contributed by atoms with Crippen LogP contribution in [-0.4, -0.2) is 63.7 Å². The van der Waals surface area contributed by atoms with E-state index in [1.165, 1.54) is 87.4 Å². The first-order valence-electron chi connectivity index (χ1n) is 30.1. The number of thioether (sulfide) groups is 1. The van der Waals surface area contributed by atoms with Gasteiger partial charge in [0.2, 0.25) is 0 Å². The van der Waals surface area contributed by atoms with E-state index in [1.807, 2.05) is 32.0 Å². The second-order valence-corrected chi connectivity index (χ2v) is 26.7. The molecule has 0 unspecified atom stereocenters. The molecule has 0 amide bonds. The highest BCUT2D eigenvalue weighted by Gasteiger charge is 2.61. The Morgan fingerprint density at radius 1 is 0.691 bits per heavy atom. The number of nitriles is 2. The number of aliphatic hydroxyl groups is 2. The third-order valence-corrected chi connectivity index (χ3v) is 22.5. The number of nitrogen functional groups attached to an aromatic ring is 1. The Morgan fingerprint density at radius 2 is 1.19 bits per heavy atom. The molecule has 8 aliphatic carbocycles. The quantitative estimate of drug-likeness (QED) is 0.0945. The zero-order chi connectivity index (χ0) is 57.4. The van der Waals surface area contributed by atoms with Gasteiger partial charge in [-0.1, -0.05) is 33.4 Å². The van der Waals surface area contributed by atoms with Crippen molar-refractivity contribution in [2.45, 2.75) is 180 Å². The van der Waals surface area contributed by atoms with E-state index in [-0.39, 0.29) is 53.4 Å². The second-order valence-electron chi connectivity index (χ2n) is 25.7. The van der Waals surface area contributed by atoms with Crippen molar-refractivity contribution in [2.24, 2.45) is 81.8 Å². The summed E-state index contributed by atoms with van der Waals surface area (Å²) in [7, 11) is 0. The molecule has 0 saturated heterocycles. The van der Waals surface area contributed by atoms with E-state index in [2.05, 4.69) is 37.2 Å². The molecule has 0 bridgehead atoms. The SMILES string of the molecule is C.C#CC.CCOC[C@@]1(O)CC[C@H]2[C@H](CC[C@@H]3[C@@H]2CC[C@]2(C)[C@@H](C(=O)Cc4ccc(F)cc4C#N)CC[C@@H]32)C1.CCOC[C@@]1(O)CC[C@H]2[C@H](CC[C@@H]3[C@@H]2CC[C@]2(C)[C@@H](C(=O)Sc4ccccn4)CC[C@@H]32)C1.N#Cc1cc(F)ccc1N. The topological polar surface area (TPSA) is 180 Å². The number of anilines is 1. The molecule has 11 rings (SSSR count). The molecule has 3 aromatic rings. The monoisotopic (exact) mass is 1130 g/mol. The van der Waals surface area contributed by atoms with Crippen LogP contribution in [-0.2, 0) is 25.5 Å². The van der Waals surface area contributed by atoms with E-state index >= 15 is 0 Å². The van der Waals surface area contributed by atoms with E-state index < -0.39 is 22.8 Å². The van der Waals surface area contributed by atoms with E-state index in [4.69, 9.17) is 20.5 Å². The van der Waals surface area contributed by atoms with E-state index in [9.17, 15) is 33.8 Å². The van der Waals surface area contributed by atoms with Gasteiger partial charge in [-0.05, 0) is 266 Å². The zero-order valence-electron chi connectivity index (χ0n) is 48.2. The number of benzene rings is 2. The molecule has 4 N–H and O–H groups in total. The predicted molar refractivity (Wildman–Crippen MR) is 316 cm³/mol. The number of ketones is 1. The van der Waals surface area contributed by atoms with Gasteiger partial charge < -0.3 is 25.4 Å². The molecule has 0 aliphatic heterocycles. The van der Waals surface area contributed by atoms with Crippen LogP contribution in [0.25, 0.3) is 0 Å². The van der Waals surface area contributed by atoms with Gasteiger partial charge in [0.05, 0.1) is 41.6 Å². The van der Waals surface area contributed by atoms with Gasteiger partial charge >= 0.3 is 0 Å². The highest BCUT2D eigenvalue weighted by atomic mass is 32.2. The lowest BCUT2D eigenvalue weighted by Gasteiger charge is -2.57. The summed E-state index contributed by atoms with van der Waals surface area (Å²) in [5, 5.41) is 41.1. The summed E-state index contributed by atoms with van der Waals surface area (Å²) in [6, 6.07) is 17.5. The van der Waals surface area contributed by atoms with Gasteiger partial charge in [0.25, 0.3) is 0 Å². The number of nitrogens with zero attached hydrogens (tertiary/aromatic N) is 3. The fourth-order valence-electron chi connectivity index (χ4n) is 18.0. The number of nitrogens with two attached hydrogens (primary N) is 1. The average molecular weight is 1130 g/mol. The van der Waals surface area contributed by atoms with Gasteiger partial charge in [0.15, 0.2) is 5.12 Å². The van der Waals surface area contributed by atoms with Crippen LogP contribution in [0, 0.1) is 128 Å². The Kier molecular flexibility index (Phi) is 21.9. The van der Waals surface area contributed by atoms with Gasteiger partial charge in [0, 0.05) is 43.4 Å². The summed E-state index contributed by atoms with van der Waals surface area (Å²) in [6.07, 6.45) is 26.4. The Morgan fingerprint density at radius 3 is 1.68 bits per heavy atom. The van der Waals surface area contributed by atoms with Gasteiger partial charge in [-0.25, -0.2) is 13.8 Å². The Hall–Kier alpha value is -4.68. The number of aromatic nitrogens is 1. The van der Waals surface area contributed by atoms with Crippen LogP contribution in [0.15, 0.2) is 65.8 Å². The number of ether oxygens (including phenoxy) is 2. The van der Waals surface area contributed by atoms with Crippen molar-refractivity contribution in [2.75, 3.05) is 32.2 Å². The molecule has 8 saturated carbocycles. The number of Topliss-reactive ketones (excluding diaryl/α,β-unsaturated/α-hetero) is 1. The maximum atomic E-state index is 13.6. The Balaban J connectivity index is 0.000000190. The lowest BCUT2D eigenvalue weighted by atomic mass is 9.49. The first-order chi connectivity index (χ1) is 38.4. The summed E-state index contributed by atoms with van der Waals surface area (Å²) in [4.78, 5) is 31.2. The second kappa shape index (κ2) is 27.8. The molecule has 1 heterocycles. The minimum atomic E-state index is -0.652. The van der Waals surface area contributed by atoms with Crippen LogP contribution in [0.3, 0.4) is 0 Å². The van der Waals surface area contributed by atoms with Crippen LogP contribution >= 0.6 is 11.8 Å². The largest absolute Gasteiger partial charge is 0.398 e. The first kappa shape index (κ1) is 63.9. The van der Waals surface area contributed by atoms with Gasteiger partial charge in [-0.15, -0.1) is 12.3 Å². The Labute approximate surface area is 487 Å². The molecule has 81 heavy (non-hydrogen) atoms. The van der Waals surface area contributed by atoms with Crippen LogP contribution in [0.2, 0.25) is 0 Å². The van der Waals surface area contributed by atoms with E-state index in [0.717, 1.165) is 99.0 Å². The number of fused-ring (bicyclic) bond motifs is 10. The van der Waals surface area contributed by atoms with Crippen molar-refractivity contribution in [1.29, 1.82) is 10.5 Å². The molecule has 440 valence electrons. The van der Waals surface area contributed by atoms with Crippen LogP contribution in [0.4, 0.5) is 14.5 Å². The number of carbonyl (C=O) groups excluding carboxylic acids is 2. The maximum Gasteiger partial charge on any atom is 0.198 e. The number of halogens is 2. The third kappa shape index (κ3) is 14.1. The highest BCUT2D eigenvalue weighted by molar-refractivity contribution is 8.13. The molecular weight excluding hydrogens is 1040 g/mol. The fraction of sp³-hybridized carbons (Fsp3) is 0.662. The van der Waals surface area contributed by atoms with Crippen LogP contribution in [0.5, 0.6) is 0 Å². The molecule has 2 aromatic carbocycles. The van der Waals surface area contributed by atoms with Gasteiger partial charge in [-0.3, -0.25) is 9.59 Å². The number of pyridine rings is 1. The number of hydrogen-bond acceptors (Lipinski definition) is 11. The molecule has 0 spiro atoms. The number of hydrogen-bond donors (Lipinski definition) is 3. The van der Waals surface area contributed by atoms with Crippen molar-refractivity contribution >= 4 is 28.3 Å². The summed E-state index contributed by atoms with van der Waals surface area (Å²) in [5.74, 6) is 8.76. The van der Waals surface area contributed by atoms with E-state index in [0.29, 0.717) is 78.3 Å². The fourth-order valence-corrected chi connectivity index (χ4v) is 19.0. The summed E-state index contributed by atoms with van der Waals surface area (Å²) in [6.45, 7) is 12.7. The highest BCUT2D eigenvalue weighted by Crippen LogP contribution is 2.67. The Bertz CT molecular complexity index is 2750. The standard InChI is InChI=1S/C30H40FNO3.C27H39NO3S.C7H5FN2.C3H4.CH4/c1-3-35-18-30(34)13-11-23-20(16-30)5-7-25-24(23)10-12-29(2)26(25)8-9-27(29)28(33)15-19-4-6-22(31)14-21(19)17-32;1-3-31-17-27(30)14-12-19-18(16-27)7-8-21-20(19)11-13-26(2)22(21)9-10-23(26)25(29)32-24-6-4-5-15-28-24;8-6-1-2-7(10)5(3-6)4-9;1-3-2;/h4,6,14,20,23-27,34H,3,5,7-13,15-16,18H2,1-2H3;4-6,15,18-23,30H,3,7-14,16-17H2,1-2H3;1-3H,10H2;1H,2H3;1H4/t20-,23+,24-,25-,26+,27-,29+,30-;18-,19+,20-,21-,22+,23-,26+,27-;;;/m11.../s1. The number of carbonyl (C=O) groups is 2. The molecule has 1 aromatic heterocycles. The average Bonchev–Trinajstić information content (AvgIpc) is 4.05. The van der Waals surface area contributed by atoms with Crippen molar-refractivity contribution in [3.63, 3.8) is 0 Å². The lowest BCUT2D eigenvalue weighted by Crippen LogP contribution is -2.52. The predicted octanol–water partition coefficient (Wildman–Crippen LogP) is 14.1. The first-order valence-corrected chi connectivity index (χ1v) is 30.9. The maximum absolute atomic E-state index is 13.6. The molecule has 10 nitrogen and oxygen atoms in total. The van der Waals surface area contributed by atoms with Crippen molar-refractivity contribution in [1.82, 2.24) is 4.98 Å². The number of terminal acetylenes is 1. The normalized spacial score (nSPS) is 35.7. The molecule has 8 aliphatic rings. The van der Waals surface area contributed by atoms with Gasteiger partial charge in [0.1, 0.15) is 28.5 Å². The molecule has 16 atom stereocenters. The third-order valence-electron chi connectivity index (χ3n) is 21.6. The smallest absolute Gasteiger partial charge is 0.198 e. The molecule has 0 radical (unpaired) electrons. The zero-order valence-corrected chi connectivity index (χ0v) is 49.0. The van der Waals surface area contributed by atoms with Crippen LogP contribution in [0.1, 0.15) is 174 Å². The minimum Gasteiger partial charge on any atom is -0.398 e. The number of rotatable bonds is 11. The van der Waals surface area contributed by atoms with Crippen LogP contribution < -0.4 is 5.73 Å². The molecule has 8 fully saturated rings. The van der Waals surface area contributed by atoms with E-state index in [1.54, 1.807) is 25.3 Å².